The van der Waals surface area contributed by atoms with Crippen LogP contribution in [0.4, 0.5) is 0 Å². The van der Waals surface area contributed by atoms with E-state index in [9.17, 15) is 9.59 Å². The van der Waals surface area contributed by atoms with E-state index in [1.165, 1.54) is 4.52 Å². The number of aromatic nitrogens is 4. The Labute approximate surface area is 131 Å². The van der Waals surface area contributed by atoms with Crippen LogP contribution >= 0.6 is 0 Å². The summed E-state index contributed by atoms with van der Waals surface area (Å²) < 4.78 is 6.21. The highest BCUT2D eigenvalue weighted by Gasteiger charge is 2.23. The highest BCUT2D eigenvalue weighted by molar-refractivity contribution is 5.91. The predicted octanol–water partition coefficient (Wildman–Crippen LogP) is 0.0792. The normalized spacial score (nSPS) is 11.7. The van der Waals surface area contributed by atoms with Gasteiger partial charge in [0.2, 0.25) is 0 Å². The third kappa shape index (κ3) is 3.32. The van der Waals surface area contributed by atoms with Gasteiger partial charge in [-0.05, 0) is 19.9 Å². The number of nitriles is 1. The zero-order chi connectivity index (χ0) is 17.1. The molecule has 0 fully saturated rings. The van der Waals surface area contributed by atoms with Crippen molar-refractivity contribution in [2.24, 2.45) is 11.7 Å². The maximum atomic E-state index is 11.9. The zero-order valence-corrected chi connectivity index (χ0v) is 12.6. The lowest BCUT2D eigenvalue weighted by atomic mass is 10.0. The first-order chi connectivity index (χ1) is 10.8. The van der Waals surface area contributed by atoms with Gasteiger partial charge in [-0.1, -0.05) is 6.58 Å². The topological polar surface area (TPSA) is 136 Å². The molecule has 23 heavy (non-hydrogen) atoms. The number of ketones is 1. The minimum absolute atomic E-state index is 0.102. The molecule has 2 heterocycles. The smallest absolute Gasteiger partial charge is 0.378 e. The minimum atomic E-state index is -1.22. The van der Waals surface area contributed by atoms with Crippen molar-refractivity contribution in [2.45, 2.75) is 13.8 Å². The molecule has 0 aliphatic carbocycles. The first-order valence-corrected chi connectivity index (χ1v) is 6.58. The molecule has 0 bridgehead atoms. The lowest BCUT2D eigenvalue weighted by Crippen LogP contribution is -2.25. The van der Waals surface area contributed by atoms with Gasteiger partial charge < -0.3 is 10.5 Å². The van der Waals surface area contributed by atoms with Crippen LogP contribution < -0.4 is 5.73 Å². The average Bonchev–Trinajstić information content (AvgIpc) is 2.89. The second-order valence-electron chi connectivity index (χ2n) is 4.87. The van der Waals surface area contributed by atoms with Gasteiger partial charge in [0.15, 0.2) is 12.4 Å². The van der Waals surface area contributed by atoms with Gasteiger partial charge in [0.1, 0.15) is 5.92 Å². The van der Waals surface area contributed by atoms with Crippen LogP contribution in [0.2, 0.25) is 0 Å². The molecule has 0 amide bonds. The van der Waals surface area contributed by atoms with Gasteiger partial charge in [-0.15, -0.1) is 5.10 Å². The number of esters is 1. The fourth-order valence-corrected chi connectivity index (χ4v) is 1.90. The number of hydrogen-bond acceptors (Lipinski definition) is 8. The van der Waals surface area contributed by atoms with Crippen LogP contribution in [0.25, 0.3) is 5.78 Å². The Hall–Kier alpha value is -3.28. The lowest BCUT2D eigenvalue weighted by molar-refractivity contribution is -0.123. The van der Waals surface area contributed by atoms with Gasteiger partial charge in [-0.2, -0.15) is 10.2 Å². The number of carbonyl (C=O) groups excluding carboxylic acids is 2. The summed E-state index contributed by atoms with van der Waals surface area (Å²) in [5.74, 6) is -2.74. The van der Waals surface area contributed by atoms with Gasteiger partial charge >= 0.3 is 5.97 Å². The monoisotopic (exact) mass is 314 g/mol. The van der Waals surface area contributed by atoms with Gasteiger partial charge in [0.25, 0.3) is 11.6 Å². The molecule has 0 saturated carbocycles. The van der Waals surface area contributed by atoms with Crippen molar-refractivity contribution < 1.29 is 14.3 Å². The summed E-state index contributed by atoms with van der Waals surface area (Å²) >= 11 is 0. The quantitative estimate of drug-likeness (QED) is 0.766. The number of allylic oxidation sites excluding steroid dienone is 1. The van der Waals surface area contributed by atoms with E-state index in [0.717, 1.165) is 11.4 Å². The van der Waals surface area contributed by atoms with Gasteiger partial charge in [-0.3, -0.25) is 4.79 Å². The fraction of sp³-hybridized carbons (Fsp3) is 0.286. The highest BCUT2D eigenvalue weighted by atomic mass is 16.5. The molecule has 2 aromatic heterocycles. The van der Waals surface area contributed by atoms with Crippen molar-refractivity contribution in [2.75, 3.05) is 6.61 Å². The van der Waals surface area contributed by atoms with E-state index in [4.69, 9.17) is 15.7 Å². The fourth-order valence-electron chi connectivity index (χ4n) is 1.90. The Kier molecular flexibility index (Phi) is 4.36. The van der Waals surface area contributed by atoms with E-state index >= 15 is 0 Å². The van der Waals surface area contributed by atoms with Crippen LogP contribution in [-0.4, -0.2) is 37.9 Å². The third-order valence-corrected chi connectivity index (χ3v) is 2.97. The summed E-state index contributed by atoms with van der Waals surface area (Å²) in [5, 5.41) is 12.8. The lowest BCUT2D eigenvalue weighted by Gasteiger charge is -2.06. The Morgan fingerprint density at radius 1 is 1.48 bits per heavy atom. The van der Waals surface area contributed by atoms with E-state index in [1.807, 2.05) is 0 Å². The van der Waals surface area contributed by atoms with Crippen LogP contribution in [0.1, 0.15) is 22.0 Å². The van der Waals surface area contributed by atoms with Crippen molar-refractivity contribution in [3.63, 3.8) is 0 Å². The van der Waals surface area contributed by atoms with Gasteiger partial charge in [0.05, 0.1) is 6.07 Å². The molecule has 0 aromatic carbocycles. The molecule has 0 unspecified atom stereocenters. The number of hydrogen-bond donors (Lipinski definition) is 1. The number of Topliss-reactive ketones (excluding diaryl/α,β-unsaturated/α-hetero) is 1. The SMILES string of the molecule is C=C(N)[C@H](C#N)C(=O)COC(=O)c1nc2nc(C)cc(C)n2n1. The molecule has 9 heteroatoms. The molecule has 0 saturated heterocycles. The van der Waals surface area contributed by atoms with Crippen molar-refractivity contribution >= 4 is 17.5 Å². The van der Waals surface area contributed by atoms with E-state index in [0.29, 0.717) is 0 Å². The molecule has 2 rings (SSSR count). The van der Waals surface area contributed by atoms with Gasteiger partial charge in [0, 0.05) is 17.1 Å². The molecular weight excluding hydrogens is 300 g/mol. The minimum Gasteiger partial charge on any atom is -0.452 e. The third-order valence-electron chi connectivity index (χ3n) is 2.97. The first-order valence-electron chi connectivity index (χ1n) is 6.58. The number of nitrogens with two attached hydrogens (primary N) is 1. The summed E-state index contributed by atoms with van der Waals surface area (Å²) in [6.45, 7) is 6.30. The summed E-state index contributed by atoms with van der Waals surface area (Å²) in [5.41, 5.74) is 6.71. The Bertz CT molecular complexity index is 848. The van der Waals surface area contributed by atoms with Crippen molar-refractivity contribution in [1.82, 2.24) is 19.6 Å². The number of fused-ring (bicyclic) bond motifs is 1. The molecule has 2 aromatic rings. The Balaban J connectivity index is 2.13. The standard InChI is InChI=1S/C14H14N6O3/c1-7-4-8(2)20-14(17-7)18-12(19-20)13(22)23-6-11(21)10(5-15)9(3)16/h4,10H,3,6,16H2,1-2H3/t10-/m0/s1. The van der Waals surface area contributed by atoms with Crippen molar-refractivity contribution in [1.29, 1.82) is 5.26 Å². The van der Waals surface area contributed by atoms with E-state index in [2.05, 4.69) is 21.6 Å². The molecule has 0 aliphatic heterocycles. The molecule has 118 valence electrons. The van der Waals surface area contributed by atoms with Crippen LogP contribution in [0, 0.1) is 31.1 Å². The van der Waals surface area contributed by atoms with E-state index in [1.54, 1.807) is 26.0 Å². The number of aryl methyl sites for hydroxylation is 2. The average molecular weight is 314 g/mol. The molecule has 2 N–H and O–H groups in total. The zero-order valence-electron chi connectivity index (χ0n) is 12.6. The Morgan fingerprint density at radius 3 is 2.78 bits per heavy atom. The van der Waals surface area contributed by atoms with Crippen molar-refractivity contribution in [3.05, 3.63) is 35.6 Å². The Morgan fingerprint density at radius 2 is 2.17 bits per heavy atom. The number of ether oxygens (including phenoxy) is 1. The van der Waals surface area contributed by atoms with Crippen LogP contribution in [0.3, 0.4) is 0 Å². The molecule has 9 nitrogen and oxygen atoms in total. The largest absolute Gasteiger partial charge is 0.452 e. The number of rotatable bonds is 5. The summed E-state index contributed by atoms with van der Waals surface area (Å²) in [7, 11) is 0. The van der Waals surface area contributed by atoms with Gasteiger partial charge in [-0.25, -0.2) is 14.3 Å². The highest BCUT2D eigenvalue weighted by Crippen LogP contribution is 2.08. The summed E-state index contributed by atoms with van der Waals surface area (Å²) in [6, 6.07) is 3.47. The number of carbonyl (C=O) groups is 2. The molecule has 1 atom stereocenters. The summed E-state index contributed by atoms with van der Waals surface area (Å²) in [6.07, 6.45) is 0. The van der Waals surface area contributed by atoms with Crippen LogP contribution in [0.15, 0.2) is 18.3 Å². The number of nitrogens with zero attached hydrogens (tertiary/aromatic N) is 5. The van der Waals surface area contributed by atoms with Crippen molar-refractivity contribution in [3.8, 4) is 6.07 Å². The molecule has 0 radical (unpaired) electrons. The van der Waals surface area contributed by atoms with Crippen LogP contribution in [-0.2, 0) is 9.53 Å². The summed E-state index contributed by atoms with van der Waals surface area (Å²) in [4.78, 5) is 31.7. The molecule has 0 aliphatic rings. The second-order valence-corrected chi connectivity index (χ2v) is 4.87. The first kappa shape index (κ1) is 16.1. The van der Waals surface area contributed by atoms with Crippen LogP contribution in [0.5, 0.6) is 0 Å². The predicted molar refractivity (Wildman–Crippen MR) is 78.0 cm³/mol. The second kappa shape index (κ2) is 6.23. The maximum Gasteiger partial charge on any atom is 0.378 e. The van der Waals surface area contributed by atoms with E-state index in [-0.39, 0.29) is 17.3 Å². The molecule has 0 spiro atoms. The van der Waals surface area contributed by atoms with E-state index < -0.39 is 24.3 Å². The molecular formula is C14H14N6O3. The maximum absolute atomic E-state index is 11.9.